The van der Waals surface area contributed by atoms with Gasteiger partial charge in [-0.2, -0.15) is 0 Å². The molecule has 2 aromatic rings. The second-order valence-corrected chi connectivity index (χ2v) is 6.05. The van der Waals surface area contributed by atoms with Crippen LogP contribution in [0.1, 0.15) is 5.56 Å². The lowest BCUT2D eigenvalue weighted by molar-refractivity contribution is 0.358. The smallest absolute Gasteiger partial charge is 0.258 e. The van der Waals surface area contributed by atoms with Gasteiger partial charge in [0.2, 0.25) is 5.88 Å². The van der Waals surface area contributed by atoms with Gasteiger partial charge in [-0.3, -0.25) is 9.36 Å². The molecule has 0 saturated heterocycles. The Morgan fingerprint density at radius 1 is 1.45 bits per heavy atom. The Hall–Kier alpha value is -1.97. The van der Waals surface area contributed by atoms with Gasteiger partial charge in [0.15, 0.2) is 5.69 Å². The largest absolute Gasteiger partial charge is 0.475 e. The number of hydrogen-bond donors (Lipinski definition) is 1. The van der Waals surface area contributed by atoms with Gasteiger partial charge in [-0.15, -0.1) is 4.91 Å². The Morgan fingerprint density at radius 2 is 2.23 bits per heavy atom. The molecule has 114 valence electrons. The molecule has 2 heterocycles. The lowest BCUT2D eigenvalue weighted by Crippen LogP contribution is -2.21. The van der Waals surface area contributed by atoms with E-state index in [2.05, 4.69) is 10.5 Å². The van der Waals surface area contributed by atoms with Gasteiger partial charge in [-0.25, -0.2) is 4.39 Å². The Labute approximate surface area is 138 Å². The number of nitroso groups, excluding NO2 is 1. The summed E-state index contributed by atoms with van der Waals surface area (Å²) in [6.07, 6.45) is 0. The molecule has 0 radical (unpaired) electrons. The van der Waals surface area contributed by atoms with Crippen LogP contribution in [0.15, 0.2) is 28.2 Å². The van der Waals surface area contributed by atoms with Crippen LogP contribution in [0.5, 0.6) is 5.88 Å². The van der Waals surface area contributed by atoms with Crippen LogP contribution in [-0.4, -0.2) is 11.2 Å². The topological polar surface area (TPSA) is 72.7 Å². The van der Waals surface area contributed by atoms with Gasteiger partial charge in [-0.05, 0) is 52.9 Å². The van der Waals surface area contributed by atoms with Crippen molar-refractivity contribution in [3.63, 3.8) is 0 Å². The second-order valence-electron chi connectivity index (χ2n) is 4.80. The zero-order valence-corrected chi connectivity index (χ0v) is 13.7. The Balaban J connectivity index is 2.17. The molecule has 1 aliphatic heterocycles. The number of aromatic nitrogens is 1. The Kier molecular flexibility index (Phi) is 3.85. The van der Waals surface area contributed by atoms with Crippen LogP contribution in [0.2, 0.25) is 0 Å². The maximum Gasteiger partial charge on any atom is 0.258 e. The summed E-state index contributed by atoms with van der Waals surface area (Å²) in [4.78, 5) is 23.5. The summed E-state index contributed by atoms with van der Waals surface area (Å²) in [5.74, 6) is -0.358. The number of rotatable bonds is 3. The fourth-order valence-corrected chi connectivity index (χ4v) is 2.81. The van der Waals surface area contributed by atoms with E-state index in [0.717, 1.165) is 3.57 Å². The molecule has 0 atom stereocenters. The fraction of sp³-hybridized carbons (Fsp3) is 0.214. The molecule has 0 amide bonds. The third-order valence-corrected chi connectivity index (χ3v) is 4.13. The molecule has 1 aromatic heterocycles. The van der Waals surface area contributed by atoms with E-state index in [0.29, 0.717) is 18.7 Å². The van der Waals surface area contributed by atoms with Gasteiger partial charge in [0.25, 0.3) is 5.56 Å². The van der Waals surface area contributed by atoms with E-state index in [4.69, 9.17) is 4.74 Å². The number of hydrogen-bond acceptors (Lipinski definition) is 5. The highest BCUT2D eigenvalue weighted by Crippen LogP contribution is 2.39. The summed E-state index contributed by atoms with van der Waals surface area (Å²) < 4.78 is 21.4. The van der Waals surface area contributed by atoms with Crippen molar-refractivity contribution in [3.8, 4) is 5.88 Å². The normalized spacial score (nSPS) is 12.7. The molecule has 6 nitrogen and oxygen atoms in total. The van der Waals surface area contributed by atoms with Crippen LogP contribution in [0.4, 0.5) is 21.5 Å². The van der Waals surface area contributed by atoms with E-state index in [1.54, 1.807) is 13.0 Å². The average molecular weight is 415 g/mol. The highest BCUT2D eigenvalue weighted by Gasteiger charge is 2.25. The fourth-order valence-electron chi connectivity index (χ4n) is 2.36. The van der Waals surface area contributed by atoms with Gasteiger partial charge in [-0.1, -0.05) is 0 Å². The minimum atomic E-state index is -0.482. The van der Waals surface area contributed by atoms with E-state index < -0.39 is 5.82 Å². The minimum absolute atomic E-state index is 0.0208. The summed E-state index contributed by atoms with van der Waals surface area (Å²) in [6.45, 7) is 2.24. The third kappa shape index (κ3) is 2.36. The first-order chi connectivity index (χ1) is 10.5. The van der Waals surface area contributed by atoms with Gasteiger partial charge in [0, 0.05) is 9.13 Å². The zero-order valence-electron chi connectivity index (χ0n) is 11.5. The standard InChI is InChI=1S/C14H11FIN3O3/c1-7-11(17-10-3-2-8(16)6-9(10)15)12(18-21)14-19(13(7)20)4-5-22-14/h2-3,6,17H,4-5H2,1H3. The molecular formula is C14H11FIN3O3. The van der Waals surface area contributed by atoms with Crippen LogP contribution in [0.25, 0.3) is 0 Å². The molecule has 0 spiro atoms. The van der Waals surface area contributed by atoms with E-state index in [9.17, 15) is 14.1 Å². The number of nitrogens with zero attached hydrogens (tertiary/aromatic N) is 2. The van der Waals surface area contributed by atoms with Crippen molar-refractivity contribution in [3.05, 3.63) is 48.4 Å². The number of pyridine rings is 1. The molecule has 8 heteroatoms. The molecule has 1 N–H and O–H groups in total. The van der Waals surface area contributed by atoms with Crippen molar-refractivity contribution in [1.82, 2.24) is 4.57 Å². The number of halogens is 2. The number of fused-ring (bicyclic) bond motifs is 1. The molecule has 3 rings (SSSR count). The molecular weight excluding hydrogens is 404 g/mol. The lowest BCUT2D eigenvalue weighted by atomic mass is 10.2. The minimum Gasteiger partial charge on any atom is -0.475 e. The van der Waals surface area contributed by atoms with Gasteiger partial charge in [0.05, 0.1) is 17.9 Å². The number of nitrogens with one attached hydrogen (secondary N) is 1. The molecule has 0 saturated carbocycles. The van der Waals surface area contributed by atoms with Crippen LogP contribution < -0.4 is 15.6 Å². The quantitative estimate of drug-likeness (QED) is 0.616. The molecule has 22 heavy (non-hydrogen) atoms. The van der Waals surface area contributed by atoms with Gasteiger partial charge < -0.3 is 10.1 Å². The van der Waals surface area contributed by atoms with Crippen LogP contribution in [0, 0.1) is 21.2 Å². The van der Waals surface area contributed by atoms with Gasteiger partial charge in [0.1, 0.15) is 12.4 Å². The first-order valence-electron chi connectivity index (χ1n) is 6.48. The lowest BCUT2D eigenvalue weighted by Gasteiger charge is -2.14. The third-order valence-electron chi connectivity index (χ3n) is 3.46. The average Bonchev–Trinajstić information content (AvgIpc) is 2.96. The van der Waals surface area contributed by atoms with Crippen molar-refractivity contribution in [2.45, 2.75) is 13.5 Å². The Bertz CT molecular complexity index is 835. The van der Waals surface area contributed by atoms with Crippen molar-refractivity contribution in [2.75, 3.05) is 11.9 Å². The monoisotopic (exact) mass is 415 g/mol. The summed E-state index contributed by atoms with van der Waals surface area (Å²) in [5.41, 5.74) is 0.326. The predicted octanol–water partition coefficient (Wildman–Crippen LogP) is 3.43. The SMILES string of the molecule is Cc1c(Nc2ccc(I)cc2F)c(N=O)c2n(c1=O)CCO2. The molecule has 1 aromatic carbocycles. The second kappa shape index (κ2) is 5.67. The van der Waals surface area contributed by atoms with Crippen LogP contribution in [-0.2, 0) is 6.54 Å². The zero-order chi connectivity index (χ0) is 15.9. The molecule has 0 fully saturated rings. The Morgan fingerprint density at radius 3 is 2.91 bits per heavy atom. The summed E-state index contributed by atoms with van der Waals surface area (Å²) in [6, 6.07) is 4.60. The first-order valence-corrected chi connectivity index (χ1v) is 7.56. The highest BCUT2D eigenvalue weighted by molar-refractivity contribution is 14.1. The summed E-state index contributed by atoms with van der Waals surface area (Å²) in [5, 5.41) is 5.76. The van der Waals surface area contributed by atoms with Crippen molar-refractivity contribution < 1.29 is 9.13 Å². The number of benzene rings is 1. The molecule has 1 aliphatic rings. The maximum atomic E-state index is 14.0. The van der Waals surface area contributed by atoms with E-state index in [-0.39, 0.29) is 28.5 Å². The van der Waals surface area contributed by atoms with E-state index in [1.165, 1.54) is 16.7 Å². The molecule has 0 aliphatic carbocycles. The van der Waals surface area contributed by atoms with Crippen molar-refractivity contribution in [1.29, 1.82) is 0 Å². The van der Waals surface area contributed by atoms with Crippen molar-refractivity contribution in [2.24, 2.45) is 5.18 Å². The highest BCUT2D eigenvalue weighted by atomic mass is 127. The molecule has 0 bridgehead atoms. The van der Waals surface area contributed by atoms with Crippen molar-refractivity contribution >= 4 is 39.7 Å². The van der Waals surface area contributed by atoms with Crippen LogP contribution in [0.3, 0.4) is 0 Å². The van der Waals surface area contributed by atoms with E-state index >= 15 is 0 Å². The number of anilines is 2. The molecule has 0 unspecified atom stereocenters. The van der Waals surface area contributed by atoms with Crippen LogP contribution >= 0.6 is 22.6 Å². The van der Waals surface area contributed by atoms with Gasteiger partial charge >= 0.3 is 0 Å². The summed E-state index contributed by atoms with van der Waals surface area (Å²) in [7, 11) is 0. The number of ether oxygens (including phenoxy) is 1. The van der Waals surface area contributed by atoms with E-state index in [1.807, 2.05) is 22.6 Å². The summed E-state index contributed by atoms with van der Waals surface area (Å²) >= 11 is 1.99. The predicted molar refractivity (Wildman–Crippen MR) is 88.8 cm³/mol. The first kappa shape index (κ1) is 14.9. The maximum absolute atomic E-state index is 14.0.